The summed E-state index contributed by atoms with van der Waals surface area (Å²) in [7, 11) is 0. The van der Waals surface area contributed by atoms with Crippen molar-refractivity contribution in [1.29, 1.82) is 0 Å². The largest absolute Gasteiger partial charge is 0.478 e. The topological polar surface area (TPSA) is 104 Å². The van der Waals surface area contributed by atoms with Crippen molar-refractivity contribution in [3.8, 4) is 0 Å². The zero-order chi connectivity index (χ0) is 20.6. The highest BCUT2D eigenvalue weighted by Crippen LogP contribution is 2.26. The molecule has 0 fully saturated rings. The molecule has 1 aliphatic heterocycles. The standard InChI is InChI=1S/C21H20N2O5/c1-11(2)10-23-19(25)14-6-5-13(9-15(14)20(23)26)18(24)22-17-7-4-12(3)8-16(17)21(27)28/h4-9,11H,10H2,1-3H3,(H,22,24)(H,27,28). The quantitative estimate of drug-likeness (QED) is 0.775. The van der Waals surface area contributed by atoms with Crippen LogP contribution in [0.1, 0.15) is 60.8 Å². The molecule has 0 saturated heterocycles. The van der Waals surface area contributed by atoms with Gasteiger partial charge in [0.1, 0.15) is 0 Å². The number of aromatic carboxylic acids is 1. The number of carboxylic acid groups (broad SMARTS) is 1. The number of aryl methyl sites for hydroxylation is 1. The molecule has 2 aromatic carbocycles. The Morgan fingerprint density at radius 3 is 2.36 bits per heavy atom. The number of imide groups is 1. The summed E-state index contributed by atoms with van der Waals surface area (Å²) in [5.74, 6) is -2.38. The van der Waals surface area contributed by atoms with E-state index in [2.05, 4.69) is 5.32 Å². The lowest BCUT2D eigenvalue weighted by molar-refractivity contribution is 0.0633. The van der Waals surface area contributed by atoms with Gasteiger partial charge in [-0.05, 0) is 43.2 Å². The Morgan fingerprint density at radius 1 is 1.04 bits per heavy atom. The summed E-state index contributed by atoms with van der Waals surface area (Å²) in [4.78, 5) is 50.2. The summed E-state index contributed by atoms with van der Waals surface area (Å²) in [5, 5.41) is 11.9. The van der Waals surface area contributed by atoms with Crippen molar-refractivity contribution >= 4 is 29.4 Å². The molecule has 3 amide bonds. The molecule has 1 aliphatic rings. The highest BCUT2D eigenvalue weighted by molar-refractivity contribution is 6.22. The van der Waals surface area contributed by atoms with Gasteiger partial charge >= 0.3 is 5.97 Å². The molecule has 0 radical (unpaired) electrons. The Bertz CT molecular complexity index is 1010. The van der Waals surface area contributed by atoms with Gasteiger partial charge in [-0.15, -0.1) is 0 Å². The van der Waals surface area contributed by atoms with Gasteiger partial charge < -0.3 is 10.4 Å². The van der Waals surface area contributed by atoms with Gasteiger partial charge in [0, 0.05) is 12.1 Å². The molecule has 0 aromatic heterocycles. The van der Waals surface area contributed by atoms with E-state index in [4.69, 9.17) is 0 Å². The summed E-state index contributed by atoms with van der Waals surface area (Å²) in [5.41, 5.74) is 1.51. The van der Waals surface area contributed by atoms with Crippen LogP contribution in [0.15, 0.2) is 36.4 Å². The van der Waals surface area contributed by atoms with E-state index < -0.39 is 17.8 Å². The van der Waals surface area contributed by atoms with E-state index in [0.717, 1.165) is 5.56 Å². The lowest BCUT2D eigenvalue weighted by Crippen LogP contribution is -2.33. The van der Waals surface area contributed by atoms with Crippen LogP contribution in [0.25, 0.3) is 0 Å². The minimum absolute atomic E-state index is 0.0242. The number of nitrogens with zero attached hydrogens (tertiary/aromatic N) is 1. The van der Waals surface area contributed by atoms with Crippen molar-refractivity contribution in [3.05, 3.63) is 64.2 Å². The molecule has 0 aliphatic carbocycles. The summed E-state index contributed by atoms with van der Waals surface area (Å²) in [6.07, 6.45) is 0. The number of carboxylic acids is 1. The van der Waals surface area contributed by atoms with E-state index in [0.29, 0.717) is 6.54 Å². The van der Waals surface area contributed by atoms with E-state index in [1.165, 1.54) is 35.2 Å². The zero-order valence-electron chi connectivity index (χ0n) is 15.8. The molecule has 2 N–H and O–H groups in total. The monoisotopic (exact) mass is 380 g/mol. The minimum atomic E-state index is -1.15. The number of hydrogen-bond donors (Lipinski definition) is 2. The van der Waals surface area contributed by atoms with Gasteiger partial charge in [0.2, 0.25) is 0 Å². The van der Waals surface area contributed by atoms with Crippen molar-refractivity contribution in [3.63, 3.8) is 0 Å². The first-order chi connectivity index (χ1) is 13.2. The number of carbonyl (C=O) groups excluding carboxylic acids is 3. The average molecular weight is 380 g/mol. The second kappa shape index (κ2) is 7.26. The number of anilines is 1. The van der Waals surface area contributed by atoms with Crippen LogP contribution in [0.3, 0.4) is 0 Å². The molecule has 2 aromatic rings. The van der Waals surface area contributed by atoms with Crippen LogP contribution < -0.4 is 5.32 Å². The molecule has 0 spiro atoms. The van der Waals surface area contributed by atoms with E-state index in [9.17, 15) is 24.3 Å². The molecule has 0 atom stereocenters. The number of amides is 3. The molecule has 3 rings (SSSR count). The first kappa shape index (κ1) is 19.3. The summed E-state index contributed by atoms with van der Waals surface area (Å²) in [6.45, 7) is 5.87. The second-order valence-electron chi connectivity index (χ2n) is 7.18. The molecule has 144 valence electrons. The molecule has 0 unspecified atom stereocenters. The number of carbonyl (C=O) groups is 4. The van der Waals surface area contributed by atoms with Crippen LogP contribution in [-0.2, 0) is 0 Å². The predicted molar refractivity (Wildman–Crippen MR) is 103 cm³/mol. The van der Waals surface area contributed by atoms with Crippen LogP contribution in [0.4, 0.5) is 5.69 Å². The van der Waals surface area contributed by atoms with E-state index >= 15 is 0 Å². The minimum Gasteiger partial charge on any atom is -0.478 e. The van der Waals surface area contributed by atoms with Crippen molar-refractivity contribution in [2.75, 3.05) is 11.9 Å². The Morgan fingerprint density at radius 2 is 1.71 bits per heavy atom. The van der Waals surface area contributed by atoms with E-state index in [-0.39, 0.29) is 39.8 Å². The Hall–Kier alpha value is -3.48. The third-order valence-corrected chi connectivity index (χ3v) is 4.43. The van der Waals surface area contributed by atoms with Gasteiger partial charge in [-0.3, -0.25) is 19.3 Å². The lowest BCUT2D eigenvalue weighted by atomic mass is 10.0. The fourth-order valence-corrected chi connectivity index (χ4v) is 3.10. The summed E-state index contributed by atoms with van der Waals surface area (Å²) < 4.78 is 0. The zero-order valence-corrected chi connectivity index (χ0v) is 15.8. The summed E-state index contributed by atoms with van der Waals surface area (Å²) in [6, 6.07) is 8.96. The van der Waals surface area contributed by atoms with Crippen molar-refractivity contribution in [2.45, 2.75) is 20.8 Å². The molecule has 7 nitrogen and oxygen atoms in total. The smallest absolute Gasteiger partial charge is 0.337 e. The average Bonchev–Trinajstić information content (AvgIpc) is 2.87. The van der Waals surface area contributed by atoms with Crippen LogP contribution in [-0.4, -0.2) is 40.2 Å². The van der Waals surface area contributed by atoms with Gasteiger partial charge in [-0.1, -0.05) is 25.5 Å². The van der Waals surface area contributed by atoms with Crippen LogP contribution >= 0.6 is 0 Å². The fraction of sp³-hybridized carbons (Fsp3) is 0.238. The van der Waals surface area contributed by atoms with Gasteiger partial charge in [0.25, 0.3) is 17.7 Å². The third kappa shape index (κ3) is 3.51. The SMILES string of the molecule is Cc1ccc(NC(=O)c2ccc3c(c2)C(=O)N(CC(C)C)C3=O)c(C(=O)O)c1. The van der Waals surface area contributed by atoms with Crippen LogP contribution in [0.5, 0.6) is 0 Å². The molecule has 0 saturated carbocycles. The highest BCUT2D eigenvalue weighted by Gasteiger charge is 2.36. The Labute approximate surface area is 162 Å². The maximum atomic E-state index is 12.6. The lowest BCUT2D eigenvalue weighted by Gasteiger charge is -2.15. The second-order valence-corrected chi connectivity index (χ2v) is 7.18. The number of fused-ring (bicyclic) bond motifs is 1. The maximum absolute atomic E-state index is 12.6. The molecule has 1 heterocycles. The number of rotatable bonds is 5. The van der Waals surface area contributed by atoms with Gasteiger partial charge in [-0.2, -0.15) is 0 Å². The fourth-order valence-electron chi connectivity index (χ4n) is 3.10. The molecule has 28 heavy (non-hydrogen) atoms. The first-order valence-electron chi connectivity index (χ1n) is 8.84. The third-order valence-electron chi connectivity index (χ3n) is 4.43. The maximum Gasteiger partial charge on any atom is 0.337 e. The highest BCUT2D eigenvalue weighted by atomic mass is 16.4. The molecular weight excluding hydrogens is 360 g/mol. The number of nitrogens with one attached hydrogen (secondary N) is 1. The Balaban J connectivity index is 1.89. The van der Waals surface area contributed by atoms with E-state index in [1.54, 1.807) is 13.0 Å². The first-order valence-corrected chi connectivity index (χ1v) is 8.84. The van der Waals surface area contributed by atoms with Gasteiger partial charge in [0.05, 0.1) is 22.4 Å². The van der Waals surface area contributed by atoms with Crippen molar-refractivity contribution in [1.82, 2.24) is 4.90 Å². The predicted octanol–water partition coefficient (Wildman–Crippen LogP) is 3.20. The van der Waals surface area contributed by atoms with Gasteiger partial charge in [0.15, 0.2) is 0 Å². The molecule has 0 bridgehead atoms. The molecule has 7 heteroatoms. The Kier molecular flexibility index (Phi) is 5.00. The van der Waals surface area contributed by atoms with Gasteiger partial charge in [-0.25, -0.2) is 4.79 Å². The van der Waals surface area contributed by atoms with E-state index in [1.807, 2.05) is 13.8 Å². The van der Waals surface area contributed by atoms with Crippen molar-refractivity contribution in [2.24, 2.45) is 5.92 Å². The van der Waals surface area contributed by atoms with Crippen LogP contribution in [0, 0.1) is 12.8 Å². The number of hydrogen-bond acceptors (Lipinski definition) is 4. The normalized spacial score (nSPS) is 13.1. The molecular formula is C21H20N2O5. The van der Waals surface area contributed by atoms with Crippen molar-refractivity contribution < 1.29 is 24.3 Å². The summed E-state index contributed by atoms with van der Waals surface area (Å²) >= 11 is 0. The van der Waals surface area contributed by atoms with Crippen LogP contribution in [0.2, 0.25) is 0 Å². The number of benzene rings is 2.